The van der Waals surface area contributed by atoms with E-state index in [-0.39, 0.29) is 16.4 Å². The second-order valence-corrected chi connectivity index (χ2v) is 6.01. The summed E-state index contributed by atoms with van der Waals surface area (Å²) in [5.74, 6) is -1.53. The first-order valence-corrected chi connectivity index (χ1v) is 7.94. The summed E-state index contributed by atoms with van der Waals surface area (Å²) in [6.45, 7) is 0. The second kappa shape index (κ2) is 6.96. The highest BCUT2D eigenvalue weighted by atomic mass is 32.1. The van der Waals surface area contributed by atoms with Gasteiger partial charge >= 0.3 is 0 Å². The first kappa shape index (κ1) is 17.6. The van der Waals surface area contributed by atoms with Crippen molar-refractivity contribution in [1.29, 1.82) is 0 Å². The summed E-state index contributed by atoms with van der Waals surface area (Å²) >= 11 is 5.04. The summed E-state index contributed by atoms with van der Waals surface area (Å²) in [7, 11) is 3.58. The van der Waals surface area contributed by atoms with Crippen LogP contribution in [0.1, 0.15) is 5.56 Å². The Bertz CT molecular complexity index is 927. The van der Waals surface area contributed by atoms with Crippen LogP contribution < -0.4 is 15.1 Å². The third-order valence-corrected chi connectivity index (χ3v) is 3.85. The number of carbonyl (C=O) groups is 2. The van der Waals surface area contributed by atoms with Gasteiger partial charge in [-0.25, -0.2) is 19.3 Å². The maximum atomic E-state index is 14.1. The molecule has 1 saturated heterocycles. The number of benzene rings is 1. The normalized spacial score (nSPS) is 16.0. The number of halogens is 1. The summed E-state index contributed by atoms with van der Waals surface area (Å²) < 4.78 is 14.1. The van der Waals surface area contributed by atoms with E-state index in [1.54, 1.807) is 25.1 Å². The molecule has 1 aromatic carbocycles. The fourth-order valence-electron chi connectivity index (χ4n) is 2.31. The van der Waals surface area contributed by atoms with Gasteiger partial charge in [0.15, 0.2) is 5.11 Å². The van der Waals surface area contributed by atoms with E-state index in [9.17, 15) is 14.0 Å². The number of nitrogens with zero attached hydrogens (tertiary/aromatic N) is 4. The van der Waals surface area contributed by atoms with Crippen molar-refractivity contribution in [2.24, 2.45) is 0 Å². The molecular weight excluding hydrogens is 357 g/mol. The molecule has 26 heavy (non-hydrogen) atoms. The molecule has 3 rings (SSSR count). The third-order valence-electron chi connectivity index (χ3n) is 3.56. The molecule has 0 saturated carbocycles. The van der Waals surface area contributed by atoms with Gasteiger partial charge in [-0.15, -0.1) is 0 Å². The number of nitrogens with one attached hydrogen (secondary N) is 1. The quantitative estimate of drug-likeness (QED) is 0.501. The smallest absolute Gasteiger partial charge is 0.270 e. The molecule has 7 nitrogen and oxygen atoms in total. The highest BCUT2D eigenvalue weighted by molar-refractivity contribution is 7.80. The fourth-order valence-corrected chi connectivity index (χ4v) is 2.59. The van der Waals surface area contributed by atoms with E-state index in [1.807, 2.05) is 0 Å². The van der Waals surface area contributed by atoms with Crippen LogP contribution in [0.15, 0.2) is 42.2 Å². The van der Waals surface area contributed by atoms with Crippen molar-refractivity contribution in [3.8, 4) is 0 Å². The van der Waals surface area contributed by atoms with Crippen LogP contribution in [0.2, 0.25) is 0 Å². The molecule has 0 unspecified atom stereocenters. The number of para-hydroxylation sites is 1. The van der Waals surface area contributed by atoms with Gasteiger partial charge in [-0.1, -0.05) is 12.1 Å². The molecule has 132 valence electrons. The van der Waals surface area contributed by atoms with Crippen molar-refractivity contribution >= 4 is 46.9 Å². The number of amides is 2. The lowest BCUT2D eigenvalue weighted by Gasteiger charge is -2.29. The Morgan fingerprint density at radius 1 is 1.19 bits per heavy atom. The number of aromatic nitrogens is 2. The van der Waals surface area contributed by atoms with Gasteiger partial charge in [0.25, 0.3) is 11.8 Å². The summed E-state index contributed by atoms with van der Waals surface area (Å²) in [4.78, 5) is 35.9. The van der Waals surface area contributed by atoms with Crippen LogP contribution in [-0.4, -0.2) is 41.0 Å². The monoisotopic (exact) mass is 371 g/mol. The lowest BCUT2D eigenvalue weighted by atomic mass is 10.1. The van der Waals surface area contributed by atoms with Crippen LogP contribution in [-0.2, 0) is 9.59 Å². The Morgan fingerprint density at radius 3 is 2.46 bits per heavy atom. The fraction of sp³-hybridized carbons (Fsp3) is 0.118. The van der Waals surface area contributed by atoms with E-state index in [1.165, 1.54) is 36.7 Å². The molecule has 1 aliphatic rings. The Balaban J connectivity index is 1.99. The molecule has 0 aliphatic carbocycles. The average Bonchev–Trinajstić information content (AvgIpc) is 2.60. The molecule has 0 atom stereocenters. The third kappa shape index (κ3) is 3.29. The minimum absolute atomic E-state index is 0.0346. The van der Waals surface area contributed by atoms with Crippen molar-refractivity contribution in [1.82, 2.24) is 15.3 Å². The van der Waals surface area contributed by atoms with E-state index in [0.29, 0.717) is 11.5 Å². The highest BCUT2D eigenvalue weighted by Crippen LogP contribution is 2.24. The summed E-state index contributed by atoms with van der Waals surface area (Å²) in [5.41, 5.74) is 0.228. The molecule has 2 amide bonds. The first-order chi connectivity index (χ1) is 12.4. The van der Waals surface area contributed by atoms with Crippen molar-refractivity contribution < 1.29 is 14.0 Å². The van der Waals surface area contributed by atoms with Gasteiger partial charge in [-0.3, -0.25) is 14.9 Å². The van der Waals surface area contributed by atoms with Crippen molar-refractivity contribution in [3.05, 3.63) is 53.6 Å². The SMILES string of the molecule is CN(C)c1ncc(/C=C2\C(=O)NC(=S)N(c3ccccc3F)C2=O)cn1. The van der Waals surface area contributed by atoms with E-state index in [2.05, 4.69) is 15.3 Å². The zero-order valence-electron chi connectivity index (χ0n) is 13.9. The zero-order chi connectivity index (χ0) is 18.8. The summed E-state index contributed by atoms with van der Waals surface area (Å²) in [5, 5.41) is 2.22. The van der Waals surface area contributed by atoms with Gasteiger partial charge in [-0.2, -0.15) is 0 Å². The number of rotatable bonds is 3. The van der Waals surface area contributed by atoms with Crippen LogP contribution in [0.5, 0.6) is 0 Å². The van der Waals surface area contributed by atoms with Crippen molar-refractivity contribution in [3.63, 3.8) is 0 Å². The van der Waals surface area contributed by atoms with Crippen molar-refractivity contribution in [2.45, 2.75) is 0 Å². The number of carbonyl (C=O) groups excluding carboxylic acids is 2. The number of hydrogen-bond donors (Lipinski definition) is 1. The van der Waals surface area contributed by atoms with Gasteiger partial charge in [0.1, 0.15) is 11.4 Å². The number of hydrogen-bond acceptors (Lipinski definition) is 6. The predicted octanol–water partition coefficient (Wildman–Crippen LogP) is 1.51. The molecule has 1 N–H and O–H groups in total. The number of thiocarbonyl (C=S) groups is 1. The maximum Gasteiger partial charge on any atom is 0.270 e. The predicted molar refractivity (Wildman–Crippen MR) is 99.0 cm³/mol. The van der Waals surface area contributed by atoms with E-state index in [4.69, 9.17) is 12.2 Å². The lowest BCUT2D eigenvalue weighted by molar-refractivity contribution is -0.122. The van der Waals surface area contributed by atoms with Crippen LogP contribution in [0, 0.1) is 5.82 Å². The van der Waals surface area contributed by atoms with E-state index in [0.717, 1.165) is 4.90 Å². The minimum Gasteiger partial charge on any atom is -0.347 e. The Labute approximate surface area is 154 Å². The molecule has 1 aromatic heterocycles. The molecule has 2 aromatic rings. The Morgan fingerprint density at radius 2 is 1.85 bits per heavy atom. The van der Waals surface area contributed by atoms with E-state index < -0.39 is 17.6 Å². The first-order valence-electron chi connectivity index (χ1n) is 7.54. The molecular formula is C17H14FN5O2S. The van der Waals surface area contributed by atoms with Gasteiger partial charge in [-0.05, 0) is 30.4 Å². The zero-order valence-corrected chi connectivity index (χ0v) is 14.7. The molecule has 0 spiro atoms. The molecule has 0 radical (unpaired) electrons. The molecule has 2 heterocycles. The second-order valence-electron chi connectivity index (χ2n) is 5.62. The van der Waals surface area contributed by atoms with Crippen LogP contribution in [0.25, 0.3) is 6.08 Å². The van der Waals surface area contributed by atoms with Gasteiger partial charge < -0.3 is 4.90 Å². The molecule has 1 fully saturated rings. The largest absolute Gasteiger partial charge is 0.347 e. The van der Waals surface area contributed by atoms with Crippen molar-refractivity contribution in [2.75, 3.05) is 23.9 Å². The van der Waals surface area contributed by atoms with Gasteiger partial charge in [0.2, 0.25) is 5.95 Å². The highest BCUT2D eigenvalue weighted by Gasteiger charge is 2.35. The molecule has 0 bridgehead atoms. The minimum atomic E-state index is -0.722. The Hall–Kier alpha value is -3.20. The molecule has 1 aliphatic heterocycles. The molecule has 9 heteroatoms. The summed E-state index contributed by atoms with van der Waals surface area (Å²) in [6, 6.07) is 5.68. The van der Waals surface area contributed by atoms with Gasteiger partial charge in [0, 0.05) is 32.1 Å². The van der Waals surface area contributed by atoms with Crippen LogP contribution in [0.3, 0.4) is 0 Å². The van der Waals surface area contributed by atoms with Crippen LogP contribution in [0.4, 0.5) is 16.0 Å². The van der Waals surface area contributed by atoms with Gasteiger partial charge in [0.05, 0.1) is 5.69 Å². The number of anilines is 2. The maximum absolute atomic E-state index is 14.1. The van der Waals surface area contributed by atoms with Crippen LogP contribution >= 0.6 is 12.2 Å². The Kier molecular flexibility index (Phi) is 4.72. The summed E-state index contributed by atoms with van der Waals surface area (Å²) in [6.07, 6.45) is 4.30. The average molecular weight is 371 g/mol. The topological polar surface area (TPSA) is 78.4 Å². The van der Waals surface area contributed by atoms with E-state index >= 15 is 0 Å². The standard InChI is InChI=1S/C17H14FN5O2S/c1-22(2)16-19-8-10(9-20-16)7-11-14(24)21-17(26)23(15(11)25)13-6-4-3-5-12(13)18/h3-9H,1-2H3,(H,21,24,26)/b11-7+. The lowest BCUT2D eigenvalue weighted by Crippen LogP contribution is -2.54.